The molecule has 146 valence electrons. The molecule has 27 heavy (non-hydrogen) atoms. The van der Waals surface area contributed by atoms with Crippen molar-refractivity contribution in [3.63, 3.8) is 0 Å². The van der Waals surface area contributed by atoms with Gasteiger partial charge in [0.25, 0.3) is 0 Å². The van der Waals surface area contributed by atoms with Gasteiger partial charge in [0.1, 0.15) is 0 Å². The number of hydrogen-bond donors (Lipinski definition) is 3. The van der Waals surface area contributed by atoms with E-state index in [1.54, 1.807) is 12.1 Å². The molecular formula is C17H17F3N2O4S. The fourth-order valence-electron chi connectivity index (χ4n) is 3.17. The van der Waals surface area contributed by atoms with Crippen LogP contribution in [0.3, 0.4) is 0 Å². The number of rotatable bonds is 3. The number of benzene rings is 2. The average Bonchev–Trinajstić information content (AvgIpc) is 3.02. The van der Waals surface area contributed by atoms with Gasteiger partial charge in [-0.3, -0.25) is 0 Å². The van der Waals surface area contributed by atoms with Gasteiger partial charge in [-0.1, -0.05) is 30.3 Å². The molecule has 2 aromatic rings. The molecule has 1 aliphatic carbocycles. The van der Waals surface area contributed by atoms with Gasteiger partial charge in [0.2, 0.25) is 10.0 Å². The molecule has 2 aromatic carbocycles. The Morgan fingerprint density at radius 1 is 1.07 bits per heavy atom. The molecule has 1 heterocycles. The first kappa shape index (κ1) is 19.6. The molecule has 0 amide bonds. The van der Waals surface area contributed by atoms with Crippen LogP contribution in [0.1, 0.15) is 0 Å². The van der Waals surface area contributed by atoms with Gasteiger partial charge in [0.05, 0.1) is 4.90 Å². The summed E-state index contributed by atoms with van der Waals surface area (Å²) in [7, 11) is -3.41. The van der Waals surface area contributed by atoms with Crippen molar-refractivity contribution in [2.24, 2.45) is 11.8 Å². The van der Waals surface area contributed by atoms with Crippen LogP contribution >= 0.6 is 0 Å². The molecule has 4 rings (SSSR count). The lowest BCUT2D eigenvalue weighted by molar-refractivity contribution is -0.192. The molecule has 0 radical (unpaired) electrons. The first-order chi connectivity index (χ1) is 12.6. The van der Waals surface area contributed by atoms with E-state index in [2.05, 4.69) is 10.0 Å². The third-order valence-electron chi connectivity index (χ3n) is 4.66. The van der Waals surface area contributed by atoms with Crippen molar-refractivity contribution in [1.82, 2.24) is 10.0 Å². The number of fused-ring (bicyclic) bond motifs is 2. The van der Waals surface area contributed by atoms with E-state index in [0.29, 0.717) is 16.7 Å². The standard InChI is InChI=1S/C15H16N2O2S.C2HF3O2/c18-20(19,17-15-13-8-16-9-14(13)15)12-6-5-10-3-1-2-4-11(10)7-12;3-2(4,5)1(6)7/h1-7,13-17H,8-9H2;(H,6,7). The molecule has 2 atom stereocenters. The van der Waals surface area contributed by atoms with Gasteiger partial charge >= 0.3 is 12.1 Å². The van der Waals surface area contributed by atoms with E-state index in [9.17, 15) is 21.6 Å². The normalized spacial score (nSPS) is 24.0. The molecule has 2 fully saturated rings. The minimum Gasteiger partial charge on any atom is -0.475 e. The lowest BCUT2D eigenvalue weighted by Gasteiger charge is -2.09. The molecule has 1 saturated carbocycles. The fourth-order valence-corrected chi connectivity index (χ4v) is 4.55. The maximum Gasteiger partial charge on any atom is 0.490 e. The van der Waals surface area contributed by atoms with Crippen LogP contribution in [-0.4, -0.2) is 44.8 Å². The lowest BCUT2D eigenvalue weighted by Crippen LogP contribution is -2.32. The molecule has 6 nitrogen and oxygen atoms in total. The van der Waals surface area contributed by atoms with Crippen LogP contribution < -0.4 is 10.0 Å². The molecule has 0 bridgehead atoms. The molecule has 3 N–H and O–H groups in total. The number of nitrogens with one attached hydrogen (secondary N) is 2. The second-order valence-electron chi connectivity index (χ2n) is 6.44. The van der Waals surface area contributed by atoms with Crippen LogP contribution in [0.25, 0.3) is 10.8 Å². The minimum absolute atomic E-state index is 0.118. The first-order valence-corrected chi connectivity index (χ1v) is 9.60. The van der Waals surface area contributed by atoms with Crippen molar-refractivity contribution < 1.29 is 31.5 Å². The Hall–Kier alpha value is -2.17. The molecule has 2 unspecified atom stereocenters. The van der Waals surface area contributed by atoms with Crippen LogP contribution in [0, 0.1) is 11.8 Å². The Bertz CT molecular complexity index is 952. The largest absolute Gasteiger partial charge is 0.490 e. The summed E-state index contributed by atoms with van der Waals surface area (Å²) in [6.07, 6.45) is -5.08. The highest BCUT2D eigenvalue weighted by Gasteiger charge is 2.54. The predicted octanol–water partition coefficient (Wildman–Crippen LogP) is 1.97. The Balaban J connectivity index is 0.000000260. The quantitative estimate of drug-likeness (QED) is 0.730. The van der Waals surface area contributed by atoms with E-state index in [1.807, 2.05) is 30.3 Å². The van der Waals surface area contributed by atoms with E-state index < -0.39 is 22.2 Å². The van der Waals surface area contributed by atoms with E-state index in [-0.39, 0.29) is 6.04 Å². The van der Waals surface area contributed by atoms with Gasteiger partial charge in [-0.2, -0.15) is 13.2 Å². The summed E-state index contributed by atoms with van der Waals surface area (Å²) in [6, 6.07) is 13.2. The number of aliphatic carboxylic acids is 1. The third-order valence-corrected chi connectivity index (χ3v) is 6.11. The highest BCUT2D eigenvalue weighted by Crippen LogP contribution is 2.42. The molecule has 10 heteroatoms. The van der Waals surface area contributed by atoms with Gasteiger partial charge in [0.15, 0.2) is 0 Å². The Kier molecular flexibility index (Phi) is 5.15. The van der Waals surface area contributed by atoms with Crippen molar-refractivity contribution in [2.75, 3.05) is 13.1 Å². The summed E-state index contributed by atoms with van der Waals surface area (Å²) >= 11 is 0. The van der Waals surface area contributed by atoms with Crippen LogP contribution in [0.2, 0.25) is 0 Å². The van der Waals surface area contributed by atoms with Crippen molar-refractivity contribution in [3.8, 4) is 0 Å². The second-order valence-corrected chi connectivity index (χ2v) is 8.16. The third kappa shape index (κ3) is 4.40. The molecule has 2 aliphatic rings. The summed E-state index contributed by atoms with van der Waals surface area (Å²) < 4.78 is 59.4. The topological polar surface area (TPSA) is 95.5 Å². The van der Waals surface area contributed by atoms with E-state index in [1.165, 1.54) is 0 Å². The monoisotopic (exact) mass is 402 g/mol. The lowest BCUT2D eigenvalue weighted by atomic mass is 10.1. The Labute approximate surface area is 153 Å². The summed E-state index contributed by atoms with van der Waals surface area (Å²) in [6.45, 7) is 1.85. The Morgan fingerprint density at radius 3 is 2.19 bits per heavy atom. The smallest absolute Gasteiger partial charge is 0.475 e. The van der Waals surface area contributed by atoms with Crippen molar-refractivity contribution in [3.05, 3.63) is 42.5 Å². The number of piperidine rings is 1. The number of carboxylic acids is 1. The zero-order valence-electron chi connectivity index (χ0n) is 13.9. The summed E-state index contributed by atoms with van der Waals surface area (Å²) in [5, 5.41) is 12.4. The number of halogens is 3. The fraction of sp³-hybridized carbons (Fsp3) is 0.353. The van der Waals surface area contributed by atoms with E-state index in [0.717, 1.165) is 23.9 Å². The highest BCUT2D eigenvalue weighted by atomic mass is 32.2. The molecule has 0 aromatic heterocycles. The van der Waals surface area contributed by atoms with Crippen molar-refractivity contribution in [2.45, 2.75) is 17.1 Å². The maximum absolute atomic E-state index is 12.4. The van der Waals surface area contributed by atoms with Crippen LogP contribution in [0.5, 0.6) is 0 Å². The average molecular weight is 402 g/mol. The second kappa shape index (κ2) is 7.10. The number of sulfonamides is 1. The maximum atomic E-state index is 12.4. The number of carboxylic acid groups (broad SMARTS) is 1. The number of hydrogen-bond acceptors (Lipinski definition) is 4. The van der Waals surface area contributed by atoms with Crippen molar-refractivity contribution >= 4 is 26.8 Å². The van der Waals surface area contributed by atoms with Crippen LogP contribution in [0.4, 0.5) is 13.2 Å². The molecule has 1 saturated heterocycles. The van der Waals surface area contributed by atoms with E-state index >= 15 is 0 Å². The predicted molar refractivity (Wildman–Crippen MR) is 91.6 cm³/mol. The highest BCUT2D eigenvalue weighted by molar-refractivity contribution is 7.89. The minimum atomic E-state index is -5.08. The molecule has 0 spiro atoms. The summed E-state index contributed by atoms with van der Waals surface area (Å²) in [5.41, 5.74) is 0. The van der Waals surface area contributed by atoms with Gasteiger partial charge in [-0.05, 0) is 47.8 Å². The number of alkyl halides is 3. The Morgan fingerprint density at radius 2 is 1.63 bits per heavy atom. The van der Waals surface area contributed by atoms with E-state index in [4.69, 9.17) is 9.90 Å². The van der Waals surface area contributed by atoms with Crippen LogP contribution in [-0.2, 0) is 14.8 Å². The summed E-state index contributed by atoms with van der Waals surface area (Å²) in [4.78, 5) is 9.25. The van der Waals surface area contributed by atoms with Gasteiger partial charge in [-0.15, -0.1) is 0 Å². The van der Waals surface area contributed by atoms with Crippen molar-refractivity contribution in [1.29, 1.82) is 0 Å². The zero-order chi connectivity index (χ0) is 19.8. The van der Waals surface area contributed by atoms with Gasteiger partial charge in [-0.25, -0.2) is 17.9 Å². The SMILES string of the molecule is O=C(O)C(F)(F)F.O=S(=O)(NC1C2CNCC21)c1ccc2ccccc2c1. The molecule has 1 aliphatic heterocycles. The van der Waals surface area contributed by atoms with Crippen LogP contribution in [0.15, 0.2) is 47.4 Å². The first-order valence-electron chi connectivity index (χ1n) is 8.11. The molecular weight excluding hydrogens is 385 g/mol. The van der Waals surface area contributed by atoms with Gasteiger partial charge < -0.3 is 10.4 Å². The zero-order valence-corrected chi connectivity index (χ0v) is 14.7. The van der Waals surface area contributed by atoms with Gasteiger partial charge in [0, 0.05) is 6.04 Å². The number of carbonyl (C=O) groups is 1. The summed E-state index contributed by atoms with van der Waals surface area (Å²) in [5.74, 6) is -1.80.